The quantitative estimate of drug-likeness (QED) is 0.316. The summed E-state index contributed by atoms with van der Waals surface area (Å²) in [6.07, 6.45) is 2.94. The van der Waals surface area contributed by atoms with Crippen molar-refractivity contribution >= 4 is 27.0 Å². The van der Waals surface area contributed by atoms with Gasteiger partial charge < -0.3 is 20.7 Å². The topological polar surface area (TPSA) is 165 Å². The maximum absolute atomic E-state index is 11.3. The van der Waals surface area contributed by atoms with Crippen molar-refractivity contribution in [1.82, 2.24) is 24.2 Å². The highest BCUT2D eigenvalue weighted by atomic mass is 32.2. The number of nitrogens with one attached hydrogen (secondary N) is 1. The smallest absolute Gasteiger partial charge is 0.208 e. The maximum atomic E-state index is 11.3. The number of unbranched alkanes of at least 4 members (excludes halogenated alkanes) is 4. The summed E-state index contributed by atoms with van der Waals surface area (Å²) in [4.78, 5) is 12.7. The Morgan fingerprint density at radius 3 is 2.74 bits per heavy atom. The van der Waals surface area contributed by atoms with Crippen LogP contribution in [0, 0.1) is 11.8 Å². The summed E-state index contributed by atoms with van der Waals surface area (Å²) in [6.45, 7) is 1.96. The van der Waals surface area contributed by atoms with Crippen LogP contribution in [0.1, 0.15) is 51.1 Å². The third-order valence-corrected chi connectivity index (χ3v) is 5.65. The Morgan fingerprint density at radius 2 is 2.03 bits per heavy atom. The van der Waals surface area contributed by atoms with Crippen LogP contribution in [0.5, 0.6) is 0 Å². The highest BCUT2D eigenvalue weighted by Gasteiger charge is 2.44. The molecular formula is C19H28N6O5S. The Bertz CT molecular complexity index is 1080. The normalized spacial score (nSPS) is 23.7. The van der Waals surface area contributed by atoms with Gasteiger partial charge in [0.25, 0.3) is 0 Å². The summed E-state index contributed by atoms with van der Waals surface area (Å²) in [5.74, 6) is 6.31. The fourth-order valence-electron chi connectivity index (χ4n) is 3.32. The highest BCUT2D eigenvalue weighted by Crippen LogP contribution is 2.32. The van der Waals surface area contributed by atoms with Crippen molar-refractivity contribution in [2.45, 2.75) is 63.6 Å². The molecule has 4 atom stereocenters. The van der Waals surface area contributed by atoms with Gasteiger partial charge in [-0.25, -0.2) is 28.1 Å². The second-order valence-electron chi connectivity index (χ2n) is 7.54. The van der Waals surface area contributed by atoms with Gasteiger partial charge in [0.15, 0.2) is 17.7 Å². The average molecular weight is 453 g/mol. The van der Waals surface area contributed by atoms with Crippen LogP contribution in [-0.4, -0.2) is 69.3 Å². The third kappa shape index (κ3) is 5.69. The van der Waals surface area contributed by atoms with E-state index in [1.165, 1.54) is 17.3 Å². The second-order valence-corrected chi connectivity index (χ2v) is 9.37. The molecule has 0 amide bonds. The number of aromatic nitrogens is 4. The molecule has 1 aliphatic rings. The molecule has 5 N–H and O–H groups in total. The molecule has 3 heterocycles. The van der Waals surface area contributed by atoms with Crippen LogP contribution in [0.3, 0.4) is 0 Å². The molecule has 0 radical (unpaired) electrons. The van der Waals surface area contributed by atoms with Crippen LogP contribution < -0.4 is 10.5 Å². The summed E-state index contributed by atoms with van der Waals surface area (Å²) in [5.41, 5.74) is 6.62. The Morgan fingerprint density at radius 1 is 1.26 bits per heavy atom. The van der Waals surface area contributed by atoms with Gasteiger partial charge in [0.05, 0.1) is 12.6 Å². The third-order valence-electron chi connectivity index (χ3n) is 4.96. The summed E-state index contributed by atoms with van der Waals surface area (Å²) >= 11 is 0. The van der Waals surface area contributed by atoms with Crippen molar-refractivity contribution in [3.8, 4) is 11.8 Å². The number of aliphatic hydroxyl groups excluding tert-OH is 2. The van der Waals surface area contributed by atoms with E-state index < -0.39 is 34.6 Å². The van der Waals surface area contributed by atoms with Crippen molar-refractivity contribution in [3.05, 3.63) is 12.2 Å². The minimum absolute atomic E-state index is 0.141. The van der Waals surface area contributed by atoms with E-state index in [1.807, 2.05) is 0 Å². The Hall–Kier alpha value is -2.30. The van der Waals surface area contributed by atoms with E-state index >= 15 is 0 Å². The fourth-order valence-corrected chi connectivity index (χ4v) is 3.79. The van der Waals surface area contributed by atoms with Crippen LogP contribution in [0.2, 0.25) is 0 Å². The summed E-state index contributed by atoms with van der Waals surface area (Å²) in [6, 6.07) is 0. The highest BCUT2D eigenvalue weighted by molar-refractivity contribution is 7.88. The van der Waals surface area contributed by atoms with E-state index in [2.05, 4.69) is 38.4 Å². The van der Waals surface area contributed by atoms with E-state index in [-0.39, 0.29) is 18.2 Å². The minimum Gasteiger partial charge on any atom is -0.387 e. The first-order valence-electron chi connectivity index (χ1n) is 10.2. The number of hydrogen-bond donors (Lipinski definition) is 4. The molecular weight excluding hydrogens is 424 g/mol. The zero-order chi connectivity index (χ0) is 22.6. The lowest BCUT2D eigenvalue weighted by molar-refractivity contribution is -0.0330. The standard InChI is InChI=1S/C19H28N6O5S/c1-3-4-5-6-7-8-9-13-23-17(20)14-18(24-13)25(11-21-14)19-16(27)15(26)12(30-19)10-22-31(2,28)29/h11-12,15-16,19,22,26-27H,3-7,10H2,1-2H3,(H2,20,23,24)/t12-,15-,16-,19-/m1/s1. The van der Waals surface area contributed by atoms with Crippen LogP contribution >= 0.6 is 0 Å². The number of nitrogen functional groups attached to an aromatic ring is 1. The van der Waals surface area contributed by atoms with Crippen molar-refractivity contribution in [1.29, 1.82) is 0 Å². The zero-order valence-electron chi connectivity index (χ0n) is 17.5. The number of sulfonamides is 1. The molecule has 0 aromatic carbocycles. The first kappa shape index (κ1) is 23.4. The molecule has 2 aromatic rings. The van der Waals surface area contributed by atoms with Crippen molar-refractivity contribution < 1.29 is 23.4 Å². The molecule has 170 valence electrons. The van der Waals surface area contributed by atoms with Gasteiger partial charge in [-0.05, 0) is 12.3 Å². The minimum atomic E-state index is -3.48. The molecule has 12 heteroatoms. The summed E-state index contributed by atoms with van der Waals surface area (Å²) < 4.78 is 32.1. The first-order valence-corrected chi connectivity index (χ1v) is 12.1. The van der Waals surface area contributed by atoms with Crippen molar-refractivity contribution in [2.24, 2.45) is 0 Å². The molecule has 1 fully saturated rings. The predicted molar refractivity (Wildman–Crippen MR) is 114 cm³/mol. The van der Waals surface area contributed by atoms with Gasteiger partial charge in [-0.15, -0.1) is 0 Å². The molecule has 31 heavy (non-hydrogen) atoms. The monoisotopic (exact) mass is 452 g/mol. The fraction of sp³-hybridized carbons (Fsp3) is 0.632. The summed E-state index contributed by atoms with van der Waals surface area (Å²) in [5, 5.41) is 20.8. The molecule has 11 nitrogen and oxygen atoms in total. The summed E-state index contributed by atoms with van der Waals surface area (Å²) in [7, 11) is -3.48. The number of hydrogen-bond acceptors (Lipinski definition) is 9. The first-order chi connectivity index (χ1) is 14.7. The van der Waals surface area contributed by atoms with E-state index in [1.54, 1.807) is 0 Å². The Labute approximate surface area is 181 Å². The number of ether oxygens (including phenoxy) is 1. The maximum Gasteiger partial charge on any atom is 0.208 e. The molecule has 0 spiro atoms. The van der Waals surface area contributed by atoms with E-state index in [4.69, 9.17) is 10.5 Å². The number of fused-ring (bicyclic) bond motifs is 1. The number of aliphatic hydroxyl groups is 2. The molecule has 3 rings (SSSR count). The van der Waals surface area contributed by atoms with Crippen molar-refractivity contribution in [2.75, 3.05) is 18.5 Å². The van der Waals surface area contributed by atoms with Crippen LogP contribution in [-0.2, 0) is 14.8 Å². The van der Waals surface area contributed by atoms with Crippen LogP contribution in [0.25, 0.3) is 11.2 Å². The number of nitrogens with two attached hydrogens (primary N) is 1. The lowest BCUT2D eigenvalue weighted by atomic mass is 10.1. The van der Waals surface area contributed by atoms with Crippen molar-refractivity contribution in [3.63, 3.8) is 0 Å². The van der Waals surface area contributed by atoms with E-state index in [0.29, 0.717) is 11.2 Å². The Balaban J connectivity index is 1.81. The molecule has 1 aliphatic heterocycles. The number of imidazole rings is 1. The molecule has 0 bridgehead atoms. The lowest BCUT2D eigenvalue weighted by Gasteiger charge is -2.16. The second kappa shape index (κ2) is 9.88. The Kier molecular flexibility index (Phi) is 7.45. The van der Waals surface area contributed by atoms with Gasteiger partial charge in [-0.3, -0.25) is 4.57 Å². The molecule has 0 saturated carbocycles. The van der Waals surface area contributed by atoms with Crippen LogP contribution in [0.15, 0.2) is 6.33 Å². The van der Waals surface area contributed by atoms with E-state index in [9.17, 15) is 18.6 Å². The van der Waals surface area contributed by atoms with Crippen LogP contribution in [0.4, 0.5) is 5.82 Å². The van der Waals surface area contributed by atoms with Gasteiger partial charge in [0.2, 0.25) is 15.8 Å². The largest absolute Gasteiger partial charge is 0.387 e. The average Bonchev–Trinajstić information content (AvgIpc) is 3.24. The van der Waals surface area contributed by atoms with Gasteiger partial charge in [-0.1, -0.05) is 32.1 Å². The van der Waals surface area contributed by atoms with E-state index in [0.717, 1.165) is 31.9 Å². The predicted octanol–water partition coefficient (Wildman–Crippen LogP) is -0.101. The zero-order valence-corrected chi connectivity index (χ0v) is 18.3. The van der Waals surface area contributed by atoms with Gasteiger partial charge >= 0.3 is 0 Å². The lowest BCUT2D eigenvalue weighted by Crippen LogP contribution is -2.39. The number of rotatable bonds is 8. The SMILES string of the molecule is CCCCCCC#Cc1nc(N)c2ncn([C@@H]3O[C@H](CNS(C)(=O)=O)[C@@H](O)[C@H]3O)c2n1. The molecule has 2 aromatic heterocycles. The molecule has 0 unspecified atom stereocenters. The number of nitrogens with zero attached hydrogens (tertiary/aromatic N) is 4. The number of anilines is 1. The van der Waals surface area contributed by atoms with Gasteiger partial charge in [-0.2, -0.15) is 0 Å². The molecule has 1 saturated heterocycles. The molecule has 0 aliphatic carbocycles. The van der Waals surface area contributed by atoms with Gasteiger partial charge in [0, 0.05) is 13.0 Å². The van der Waals surface area contributed by atoms with Gasteiger partial charge in [0.1, 0.15) is 23.8 Å².